The summed E-state index contributed by atoms with van der Waals surface area (Å²) in [7, 11) is 0. The van der Waals surface area contributed by atoms with Crippen LogP contribution in [0.3, 0.4) is 0 Å². The quantitative estimate of drug-likeness (QED) is 0.611. The van der Waals surface area contributed by atoms with Gasteiger partial charge in [-0.05, 0) is 0 Å². The molecule has 0 aliphatic carbocycles. The lowest BCUT2D eigenvalue weighted by Gasteiger charge is -1.93. The maximum Gasteiger partial charge on any atom is 0.356 e. The van der Waals surface area contributed by atoms with E-state index in [4.69, 9.17) is 10.2 Å². The van der Waals surface area contributed by atoms with Crippen molar-refractivity contribution in [2.75, 3.05) is 0 Å². The average molecular weight is 186 g/mol. The normalized spacial score (nSPS) is 8.62. The van der Waals surface area contributed by atoms with Gasteiger partial charge in [0.2, 0.25) is 0 Å². The molecule has 0 aliphatic heterocycles. The van der Waals surface area contributed by atoms with E-state index in [0.29, 0.717) is 0 Å². The summed E-state index contributed by atoms with van der Waals surface area (Å²) in [5, 5.41) is 16.7. The summed E-state index contributed by atoms with van der Waals surface area (Å²) in [4.78, 5) is 27.2. The van der Waals surface area contributed by atoms with E-state index in [9.17, 15) is 9.59 Å². The molecule has 70 valence electrons. The first-order valence-corrected chi connectivity index (χ1v) is 2.90. The molecule has 7 heteroatoms. The number of carboxylic acids is 2. The number of aromatic carboxylic acids is 2. The van der Waals surface area contributed by atoms with Gasteiger partial charge in [-0.2, -0.15) is 0 Å². The van der Waals surface area contributed by atoms with Crippen LogP contribution in [0.1, 0.15) is 21.0 Å². The zero-order chi connectivity index (χ0) is 9.14. The first-order chi connectivity index (χ1) is 5.61. The van der Waals surface area contributed by atoms with Crippen molar-refractivity contribution in [3.05, 3.63) is 23.8 Å². The third-order valence-corrected chi connectivity index (χ3v) is 1.09. The molecule has 0 atom stereocenters. The van der Waals surface area contributed by atoms with Gasteiger partial charge in [-0.15, -0.1) is 0 Å². The number of hydrogen-bond donors (Lipinski definition) is 2. The Labute approximate surface area is 72.0 Å². The van der Waals surface area contributed by atoms with Gasteiger partial charge in [0, 0.05) is 0 Å². The minimum absolute atomic E-state index is 0. The number of hydrogen-bond acceptors (Lipinski definition) is 4. The first kappa shape index (κ1) is 11.0. The molecule has 0 spiro atoms. The highest BCUT2D eigenvalue weighted by Crippen LogP contribution is 1.94. The fourth-order valence-corrected chi connectivity index (χ4v) is 0.549. The van der Waals surface area contributed by atoms with Crippen LogP contribution in [-0.4, -0.2) is 37.6 Å². The molecule has 0 aliphatic rings. The van der Waals surface area contributed by atoms with Crippen LogP contribution in [0, 0.1) is 0 Å². The van der Waals surface area contributed by atoms with Gasteiger partial charge in [0.15, 0.2) is 11.4 Å². The molecule has 0 fully saturated rings. The van der Waals surface area contributed by atoms with Gasteiger partial charge < -0.3 is 15.7 Å². The molecule has 0 bridgehead atoms. The van der Waals surface area contributed by atoms with Crippen molar-refractivity contribution in [1.29, 1.82) is 0 Å². The Morgan fingerprint density at radius 3 is 1.46 bits per heavy atom. The lowest BCUT2D eigenvalue weighted by Crippen LogP contribution is -2.06. The van der Waals surface area contributed by atoms with Crippen LogP contribution < -0.4 is 0 Å². The molecule has 4 N–H and O–H groups in total. The van der Waals surface area contributed by atoms with Crippen LogP contribution in [0.2, 0.25) is 0 Å². The third kappa shape index (κ3) is 2.49. The SMILES string of the molecule is O.O=C(O)c1cnc(C(=O)O)cn1. The summed E-state index contributed by atoms with van der Waals surface area (Å²) < 4.78 is 0. The molecule has 1 rings (SSSR count). The monoisotopic (exact) mass is 186 g/mol. The Morgan fingerprint density at radius 2 is 1.31 bits per heavy atom. The molecule has 0 unspecified atom stereocenters. The van der Waals surface area contributed by atoms with E-state index in [-0.39, 0.29) is 16.9 Å². The van der Waals surface area contributed by atoms with Gasteiger partial charge in [0.05, 0.1) is 12.4 Å². The van der Waals surface area contributed by atoms with E-state index in [2.05, 4.69) is 9.97 Å². The molecule has 0 aromatic carbocycles. The predicted octanol–water partition coefficient (Wildman–Crippen LogP) is -0.952. The van der Waals surface area contributed by atoms with Crippen molar-refractivity contribution < 1.29 is 25.3 Å². The summed E-state index contributed by atoms with van der Waals surface area (Å²) in [6.07, 6.45) is 1.79. The van der Waals surface area contributed by atoms with Crippen molar-refractivity contribution in [1.82, 2.24) is 9.97 Å². The zero-order valence-corrected chi connectivity index (χ0v) is 6.26. The maximum atomic E-state index is 10.2. The smallest absolute Gasteiger partial charge is 0.356 e. The van der Waals surface area contributed by atoms with Crippen molar-refractivity contribution in [3.8, 4) is 0 Å². The van der Waals surface area contributed by atoms with E-state index < -0.39 is 11.9 Å². The lowest BCUT2D eigenvalue weighted by atomic mass is 10.4. The van der Waals surface area contributed by atoms with E-state index in [1.807, 2.05) is 0 Å². The minimum Gasteiger partial charge on any atom is -0.476 e. The van der Waals surface area contributed by atoms with E-state index >= 15 is 0 Å². The Bertz CT molecular complexity index is 287. The summed E-state index contributed by atoms with van der Waals surface area (Å²) >= 11 is 0. The Balaban J connectivity index is 0.00000144. The Kier molecular flexibility index (Phi) is 3.48. The van der Waals surface area contributed by atoms with Gasteiger partial charge >= 0.3 is 11.9 Å². The summed E-state index contributed by atoms with van der Waals surface area (Å²) in [5.41, 5.74) is -0.556. The highest BCUT2D eigenvalue weighted by molar-refractivity contribution is 5.87. The number of rotatable bonds is 2. The van der Waals surface area contributed by atoms with Crippen molar-refractivity contribution in [2.45, 2.75) is 0 Å². The summed E-state index contributed by atoms with van der Waals surface area (Å²) in [6.45, 7) is 0. The van der Waals surface area contributed by atoms with E-state index in [1.54, 1.807) is 0 Å². The molecule has 1 aromatic heterocycles. The number of carbonyl (C=O) groups is 2. The summed E-state index contributed by atoms with van der Waals surface area (Å²) in [6, 6.07) is 0. The fourth-order valence-electron chi connectivity index (χ4n) is 0.549. The van der Waals surface area contributed by atoms with Crippen LogP contribution >= 0.6 is 0 Å². The molecule has 1 heterocycles. The standard InChI is InChI=1S/C6H4N2O4.H2O/c9-5(10)3-1-7-4(2-8-3)6(11)12;/h1-2H,(H,9,10)(H,11,12);1H2. The second-order valence-electron chi connectivity index (χ2n) is 1.90. The van der Waals surface area contributed by atoms with Crippen molar-refractivity contribution in [3.63, 3.8) is 0 Å². The van der Waals surface area contributed by atoms with E-state index in [1.165, 1.54) is 0 Å². The van der Waals surface area contributed by atoms with Crippen LogP contribution in [0.25, 0.3) is 0 Å². The number of aromatic nitrogens is 2. The molecule has 13 heavy (non-hydrogen) atoms. The topological polar surface area (TPSA) is 132 Å². The highest BCUT2D eigenvalue weighted by atomic mass is 16.4. The van der Waals surface area contributed by atoms with Gasteiger partial charge in [-0.1, -0.05) is 0 Å². The summed E-state index contributed by atoms with van der Waals surface area (Å²) in [5.74, 6) is -2.47. The number of nitrogens with zero attached hydrogens (tertiary/aromatic N) is 2. The first-order valence-electron chi connectivity index (χ1n) is 2.90. The van der Waals surface area contributed by atoms with Gasteiger partial charge in [-0.25, -0.2) is 19.6 Å². The van der Waals surface area contributed by atoms with Crippen LogP contribution in [0.5, 0.6) is 0 Å². The van der Waals surface area contributed by atoms with Crippen LogP contribution in [0.4, 0.5) is 0 Å². The Hall–Kier alpha value is -2.02. The van der Waals surface area contributed by atoms with Crippen LogP contribution in [-0.2, 0) is 0 Å². The molecule has 0 saturated carbocycles. The van der Waals surface area contributed by atoms with Gasteiger partial charge in [0.1, 0.15) is 0 Å². The lowest BCUT2D eigenvalue weighted by molar-refractivity contribution is 0.0670. The number of carboxylic acid groups (broad SMARTS) is 2. The van der Waals surface area contributed by atoms with Crippen LogP contribution in [0.15, 0.2) is 12.4 Å². The largest absolute Gasteiger partial charge is 0.476 e. The molecule has 0 radical (unpaired) electrons. The fraction of sp³-hybridized carbons (Fsp3) is 0. The maximum absolute atomic E-state index is 10.2. The molecule has 0 saturated heterocycles. The minimum atomic E-state index is -1.24. The second-order valence-corrected chi connectivity index (χ2v) is 1.90. The van der Waals surface area contributed by atoms with Crippen molar-refractivity contribution in [2.24, 2.45) is 0 Å². The van der Waals surface area contributed by atoms with Crippen molar-refractivity contribution >= 4 is 11.9 Å². The Morgan fingerprint density at radius 1 is 1.00 bits per heavy atom. The van der Waals surface area contributed by atoms with E-state index in [0.717, 1.165) is 12.4 Å². The zero-order valence-electron chi connectivity index (χ0n) is 6.26. The van der Waals surface area contributed by atoms with Gasteiger partial charge in [0.25, 0.3) is 0 Å². The molecule has 7 nitrogen and oxygen atoms in total. The second kappa shape index (κ2) is 4.12. The van der Waals surface area contributed by atoms with Gasteiger partial charge in [-0.3, -0.25) is 0 Å². The molecular weight excluding hydrogens is 180 g/mol. The predicted molar refractivity (Wildman–Crippen MR) is 39.6 cm³/mol. The highest BCUT2D eigenvalue weighted by Gasteiger charge is 2.08. The molecular formula is C6H6N2O5. The average Bonchev–Trinajstić information content (AvgIpc) is 2.04. The molecule has 1 aromatic rings. The third-order valence-electron chi connectivity index (χ3n) is 1.09. The molecule has 0 amide bonds.